The van der Waals surface area contributed by atoms with E-state index in [9.17, 15) is 9.59 Å². The molecule has 0 unspecified atom stereocenters. The van der Waals surface area contributed by atoms with Gasteiger partial charge in [0.05, 0.1) is 24.4 Å². The Morgan fingerprint density at radius 2 is 1.65 bits per heavy atom. The smallest absolute Gasteiger partial charge is 0.347 e. The SMILES string of the molecule is CCOc1cc(C(C)=C2C(=O)OC(=O)C2=C(C)C)c(OCC)s1. The van der Waals surface area contributed by atoms with Gasteiger partial charge < -0.3 is 14.2 Å². The first kappa shape index (κ1) is 17.3. The van der Waals surface area contributed by atoms with Crippen LogP contribution in [0.25, 0.3) is 5.57 Å². The van der Waals surface area contributed by atoms with Gasteiger partial charge in [-0.1, -0.05) is 16.9 Å². The van der Waals surface area contributed by atoms with Crippen molar-refractivity contribution in [3.63, 3.8) is 0 Å². The lowest BCUT2D eigenvalue weighted by atomic mass is 9.96. The largest absolute Gasteiger partial charge is 0.484 e. The number of allylic oxidation sites excluding steroid dienone is 2. The first-order valence-corrected chi connectivity index (χ1v) is 8.27. The van der Waals surface area contributed by atoms with Crippen molar-refractivity contribution in [2.24, 2.45) is 0 Å². The van der Waals surface area contributed by atoms with Gasteiger partial charge in [-0.15, -0.1) is 0 Å². The van der Waals surface area contributed by atoms with E-state index in [4.69, 9.17) is 14.2 Å². The van der Waals surface area contributed by atoms with Gasteiger partial charge in [0.15, 0.2) is 10.1 Å². The maximum Gasteiger partial charge on any atom is 0.347 e. The van der Waals surface area contributed by atoms with E-state index in [1.807, 2.05) is 19.9 Å². The minimum absolute atomic E-state index is 0.303. The minimum Gasteiger partial charge on any atom is -0.484 e. The average molecular weight is 336 g/mol. The zero-order valence-electron chi connectivity index (χ0n) is 13.9. The lowest BCUT2D eigenvalue weighted by Crippen LogP contribution is -2.00. The molecular formula is C17H20O5S. The van der Waals surface area contributed by atoms with Gasteiger partial charge in [0.1, 0.15) is 0 Å². The van der Waals surface area contributed by atoms with Crippen LogP contribution in [0.3, 0.4) is 0 Å². The van der Waals surface area contributed by atoms with Crippen LogP contribution in [0.5, 0.6) is 10.1 Å². The molecule has 0 spiro atoms. The Morgan fingerprint density at radius 3 is 2.22 bits per heavy atom. The summed E-state index contributed by atoms with van der Waals surface area (Å²) in [5, 5.41) is 1.38. The van der Waals surface area contributed by atoms with E-state index in [-0.39, 0.29) is 0 Å². The second kappa shape index (κ2) is 7.00. The van der Waals surface area contributed by atoms with E-state index < -0.39 is 11.9 Å². The Labute approximate surface area is 139 Å². The maximum atomic E-state index is 12.1. The third kappa shape index (κ3) is 3.32. The number of rotatable bonds is 5. The Kier molecular flexibility index (Phi) is 5.26. The Hall–Kier alpha value is -2.08. The number of carbonyl (C=O) groups excluding carboxylic acids is 2. The number of hydrogen-bond acceptors (Lipinski definition) is 6. The molecule has 0 radical (unpaired) electrons. The number of hydrogen-bond donors (Lipinski definition) is 0. The molecule has 6 heteroatoms. The molecule has 0 atom stereocenters. The highest BCUT2D eigenvalue weighted by Gasteiger charge is 2.36. The van der Waals surface area contributed by atoms with Crippen LogP contribution in [0, 0.1) is 0 Å². The van der Waals surface area contributed by atoms with Gasteiger partial charge in [0.2, 0.25) is 0 Å². The highest BCUT2D eigenvalue weighted by Crippen LogP contribution is 2.43. The van der Waals surface area contributed by atoms with E-state index in [0.717, 1.165) is 11.1 Å². The number of ether oxygens (including phenoxy) is 3. The molecule has 23 heavy (non-hydrogen) atoms. The zero-order chi connectivity index (χ0) is 17.1. The van der Waals surface area contributed by atoms with E-state index in [2.05, 4.69) is 0 Å². The standard InChI is InChI=1S/C17H20O5S/c1-6-20-12-8-11(17(23-12)21-7-2)10(5)14-13(9(3)4)15(18)22-16(14)19/h8H,6-7H2,1-5H3. The van der Waals surface area contributed by atoms with Crippen LogP contribution in [0.4, 0.5) is 0 Å². The molecule has 5 nitrogen and oxygen atoms in total. The third-order valence-electron chi connectivity index (χ3n) is 3.36. The van der Waals surface area contributed by atoms with Gasteiger partial charge in [0.25, 0.3) is 0 Å². The molecule has 1 aliphatic rings. The van der Waals surface area contributed by atoms with Crippen LogP contribution in [0.1, 0.15) is 40.2 Å². The fourth-order valence-electron chi connectivity index (χ4n) is 2.39. The molecule has 1 aromatic rings. The van der Waals surface area contributed by atoms with Crippen molar-refractivity contribution < 1.29 is 23.8 Å². The van der Waals surface area contributed by atoms with Crippen LogP contribution in [-0.4, -0.2) is 25.2 Å². The number of thiophene rings is 1. The highest BCUT2D eigenvalue weighted by atomic mass is 32.1. The summed E-state index contributed by atoms with van der Waals surface area (Å²) >= 11 is 1.38. The lowest BCUT2D eigenvalue weighted by Gasteiger charge is -2.07. The average Bonchev–Trinajstić information content (AvgIpc) is 2.99. The summed E-state index contributed by atoms with van der Waals surface area (Å²) in [6, 6.07) is 1.83. The Balaban J connectivity index is 2.61. The van der Waals surface area contributed by atoms with E-state index in [1.54, 1.807) is 20.8 Å². The molecular weight excluding hydrogens is 316 g/mol. The third-order valence-corrected chi connectivity index (χ3v) is 4.32. The Bertz CT molecular complexity index is 705. The summed E-state index contributed by atoms with van der Waals surface area (Å²) in [5.41, 5.74) is 2.78. The molecule has 2 rings (SSSR count). The Morgan fingerprint density at radius 1 is 1.04 bits per heavy atom. The fourth-order valence-corrected chi connectivity index (χ4v) is 3.42. The fraction of sp³-hybridized carbons (Fsp3) is 0.412. The van der Waals surface area contributed by atoms with Crippen LogP contribution in [0.15, 0.2) is 22.8 Å². The monoisotopic (exact) mass is 336 g/mol. The van der Waals surface area contributed by atoms with E-state index in [0.29, 0.717) is 40.1 Å². The summed E-state index contributed by atoms with van der Waals surface area (Å²) in [4.78, 5) is 24.0. The summed E-state index contributed by atoms with van der Waals surface area (Å²) < 4.78 is 16.0. The van der Waals surface area contributed by atoms with Crippen molar-refractivity contribution in [2.45, 2.75) is 34.6 Å². The van der Waals surface area contributed by atoms with Gasteiger partial charge in [-0.2, -0.15) is 0 Å². The van der Waals surface area contributed by atoms with Crippen molar-refractivity contribution in [1.29, 1.82) is 0 Å². The molecule has 0 aromatic carbocycles. The van der Waals surface area contributed by atoms with Gasteiger partial charge >= 0.3 is 11.9 Å². The van der Waals surface area contributed by atoms with Gasteiger partial charge in [0, 0.05) is 11.6 Å². The van der Waals surface area contributed by atoms with Gasteiger partial charge in [-0.3, -0.25) is 0 Å². The summed E-state index contributed by atoms with van der Waals surface area (Å²) in [6.07, 6.45) is 0. The van der Waals surface area contributed by atoms with E-state index in [1.165, 1.54) is 11.3 Å². The molecule has 1 aliphatic heterocycles. The first-order valence-electron chi connectivity index (χ1n) is 7.45. The molecule has 0 amide bonds. The van der Waals surface area contributed by atoms with Crippen LogP contribution >= 0.6 is 11.3 Å². The normalized spacial score (nSPS) is 16.5. The molecule has 0 saturated carbocycles. The van der Waals surface area contributed by atoms with Crippen molar-refractivity contribution in [1.82, 2.24) is 0 Å². The predicted molar refractivity (Wildman–Crippen MR) is 88.7 cm³/mol. The number of carbonyl (C=O) groups is 2. The number of cyclic esters (lactones) is 2. The van der Waals surface area contributed by atoms with Gasteiger partial charge in [-0.05, 0) is 40.2 Å². The van der Waals surface area contributed by atoms with Gasteiger partial charge in [-0.25, -0.2) is 9.59 Å². The van der Waals surface area contributed by atoms with E-state index >= 15 is 0 Å². The molecule has 2 heterocycles. The quantitative estimate of drug-likeness (QED) is 0.466. The van der Waals surface area contributed by atoms with Crippen molar-refractivity contribution in [3.8, 4) is 10.1 Å². The predicted octanol–water partition coefficient (Wildman–Crippen LogP) is 3.74. The highest BCUT2D eigenvalue weighted by molar-refractivity contribution is 7.16. The second-order valence-corrected chi connectivity index (χ2v) is 6.16. The zero-order valence-corrected chi connectivity index (χ0v) is 14.8. The first-order chi connectivity index (χ1) is 10.9. The van der Waals surface area contributed by atoms with Crippen molar-refractivity contribution in [3.05, 3.63) is 28.3 Å². The summed E-state index contributed by atoms with van der Waals surface area (Å²) in [6.45, 7) is 10.2. The second-order valence-electron chi connectivity index (χ2n) is 5.18. The maximum absolute atomic E-state index is 12.1. The molecule has 0 N–H and O–H groups in total. The van der Waals surface area contributed by atoms with Crippen molar-refractivity contribution >= 4 is 28.8 Å². The lowest BCUT2D eigenvalue weighted by molar-refractivity contribution is -0.149. The molecule has 1 aromatic heterocycles. The van der Waals surface area contributed by atoms with Crippen LogP contribution in [-0.2, 0) is 14.3 Å². The summed E-state index contributed by atoms with van der Waals surface area (Å²) in [7, 11) is 0. The van der Waals surface area contributed by atoms with Crippen LogP contribution in [0.2, 0.25) is 0 Å². The topological polar surface area (TPSA) is 61.8 Å². The molecule has 1 fully saturated rings. The molecule has 124 valence electrons. The molecule has 0 aliphatic carbocycles. The van der Waals surface area contributed by atoms with Crippen LogP contribution < -0.4 is 9.47 Å². The summed E-state index contributed by atoms with van der Waals surface area (Å²) in [5.74, 6) is -1.21. The molecule has 1 saturated heterocycles. The number of esters is 2. The minimum atomic E-state index is -0.615. The molecule has 0 bridgehead atoms. The van der Waals surface area contributed by atoms with Crippen molar-refractivity contribution in [2.75, 3.05) is 13.2 Å².